The van der Waals surface area contributed by atoms with Crippen LogP contribution in [0.1, 0.15) is 0 Å². The Bertz CT molecular complexity index is 402. The molecule has 0 saturated heterocycles. The molecule has 0 spiro atoms. The lowest BCUT2D eigenvalue weighted by molar-refractivity contribution is -0.306. The molecule has 6 nitrogen and oxygen atoms in total. The predicted octanol–water partition coefficient (Wildman–Crippen LogP) is -2.71. The molecule has 1 N–H and O–H groups in total. The molecule has 0 bridgehead atoms. The van der Waals surface area contributed by atoms with Gasteiger partial charge in [-0.1, -0.05) is 0 Å². The fourth-order valence-electron chi connectivity index (χ4n) is 0.709. The first-order chi connectivity index (χ1) is 5.59. The van der Waals surface area contributed by atoms with E-state index in [4.69, 9.17) is 0 Å². The van der Waals surface area contributed by atoms with E-state index in [-0.39, 0.29) is 0 Å². The number of nitrogens with zero attached hydrogens (tertiary/aromatic N) is 1. The van der Waals surface area contributed by atoms with Gasteiger partial charge >= 0.3 is 0 Å². The summed E-state index contributed by atoms with van der Waals surface area (Å²) >= 11 is 0. The van der Waals surface area contributed by atoms with Crippen molar-refractivity contribution in [2.45, 2.75) is 6.54 Å². The standard InChI is InChI=1S/C6H6N2O4/c9-4-1-2-5(10)8(7-4)3-6(11)12/h1-2H,3H2,(H,7,9)(H,11,12)/p-1. The Morgan fingerprint density at radius 1 is 1.50 bits per heavy atom. The quantitative estimate of drug-likeness (QED) is 0.520. The fraction of sp³-hybridized carbons (Fsp3) is 0.167. The Morgan fingerprint density at radius 3 is 2.75 bits per heavy atom. The maximum atomic E-state index is 10.8. The average molecular weight is 169 g/mol. The highest BCUT2D eigenvalue weighted by Crippen LogP contribution is 1.68. The molecule has 0 aliphatic carbocycles. The van der Waals surface area contributed by atoms with E-state index >= 15 is 0 Å². The monoisotopic (exact) mass is 169 g/mol. The van der Waals surface area contributed by atoms with Crippen LogP contribution in [0, 0.1) is 0 Å². The summed E-state index contributed by atoms with van der Waals surface area (Å²) in [6, 6.07) is 2.01. The maximum absolute atomic E-state index is 10.8. The number of hydrogen-bond donors (Lipinski definition) is 1. The van der Waals surface area contributed by atoms with Crippen LogP contribution in [0.25, 0.3) is 0 Å². The third-order valence-corrected chi connectivity index (χ3v) is 1.18. The summed E-state index contributed by atoms with van der Waals surface area (Å²) in [5.41, 5.74) is -1.12. The van der Waals surface area contributed by atoms with Gasteiger partial charge in [0.2, 0.25) is 0 Å². The van der Waals surface area contributed by atoms with E-state index in [0.717, 1.165) is 12.1 Å². The van der Waals surface area contributed by atoms with Gasteiger partial charge in [-0.2, -0.15) is 0 Å². The molecule has 6 heteroatoms. The molecule has 1 aromatic rings. The number of carbonyl (C=O) groups is 1. The first kappa shape index (κ1) is 8.25. The molecule has 0 aliphatic rings. The molecule has 0 saturated carbocycles. The smallest absolute Gasteiger partial charge is 0.265 e. The van der Waals surface area contributed by atoms with Crippen molar-refractivity contribution in [1.29, 1.82) is 0 Å². The summed E-state index contributed by atoms with van der Waals surface area (Å²) in [6.07, 6.45) is 0. The molecule has 0 aliphatic heterocycles. The first-order valence-electron chi connectivity index (χ1n) is 3.09. The van der Waals surface area contributed by atoms with E-state index in [1.54, 1.807) is 0 Å². The third kappa shape index (κ3) is 1.82. The average Bonchev–Trinajstić information content (AvgIpc) is 1.96. The molecular formula is C6H5N2O4-. The fourth-order valence-corrected chi connectivity index (χ4v) is 0.709. The Hall–Kier alpha value is -1.85. The zero-order valence-corrected chi connectivity index (χ0v) is 5.94. The van der Waals surface area contributed by atoms with Crippen LogP contribution in [0.3, 0.4) is 0 Å². The molecular weight excluding hydrogens is 164 g/mol. The topological polar surface area (TPSA) is 95.0 Å². The predicted molar refractivity (Wildman–Crippen MR) is 36.3 cm³/mol. The number of aromatic nitrogens is 2. The minimum absolute atomic E-state index is 0.532. The largest absolute Gasteiger partial charge is 0.548 e. The Morgan fingerprint density at radius 2 is 2.17 bits per heavy atom. The molecule has 12 heavy (non-hydrogen) atoms. The van der Waals surface area contributed by atoms with Crippen molar-refractivity contribution in [3.05, 3.63) is 32.8 Å². The van der Waals surface area contributed by atoms with Crippen molar-refractivity contribution >= 4 is 5.97 Å². The number of hydrogen-bond acceptors (Lipinski definition) is 4. The number of carboxylic acid groups (broad SMARTS) is 1. The van der Waals surface area contributed by atoms with Gasteiger partial charge in [0, 0.05) is 12.1 Å². The lowest BCUT2D eigenvalue weighted by Gasteiger charge is -2.03. The summed E-state index contributed by atoms with van der Waals surface area (Å²) in [4.78, 5) is 31.4. The van der Waals surface area contributed by atoms with Crippen LogP contribution in [0.15, 0.2) is 21.7 Å². The van der Waals surface area contributed by atoms with E-state index < -0.39 is 23.6 Å². The second kappa shape index (κ2) is 3.04. The molecule has 1 rings (SSSR count). The van der Waals surface area contributed by atoms with E-state index in [1.165, 1.54) is 0 Å². The minimum Gasteiger partial charge on any atom is -0.548 e. The number of aromatic amines is 1. The van der Waals surface area contributed by atoms with Crippen molar-refractivity contribution in [3.63, 3.8) is 0 Å². The van der Waals surface area contributed by atoms with Gasteiger partial charge in [0.1, 0.15) is 0 Å². The van der Waals surface area contributed by atoms with Crippen LogP contribution in [0.2, 0.25) is 0 Å². The second-order valence-electron chi connectivity index (χ2n) is 2.11. The molecule has 0 radical (unpaired) electrons. The maximum Gasteiger partial charge on any atom is 0.265 e. The minimum atomic E-state index is -1.43. The van der Waals surface area contributed by atoms with Gasteiger partial charge in [-0.25, -0.2) is 4.68 Å². The summed E-state index contributed by atoms with van der Waals surface area (Å²) in [5, 5.41) is 12.1. The van der Waals surface area contributed by atoms with Crippen LogP contribution in [-0.4, -0.2) is 15.7 Å². The summed E-state index contributed by atoms with van der Waals surface area (Å²) < 4.78 is 0.664. The first-order valence-corrected chi connectivity index (χ1v) is 3.09. The molecule has 0 atom stereocenters. The normalized spacial score (nSPS) is 9.67. The molecule has 64 valence electrons. The van der Waals surface area contributed by atoms with Gasteiger partial charge in [-0.05, 0) is 0 Å². The third-order valence-electron chi connectivity index (χ3n) is 1.18. The van der Waals surface area contributed by atoms with Crippen LogP contribution < -0.4 is 16.2 Å². The van der Waals surface area contributed by atoms with E-state index in [9.17, 15) is 19.5 Å². The van der Waals surface area contributed by atoms with Crippen molar-refractivity contribution in [2.75, 3.05) is 0 Å². The lowest BCUT2D eigenvalue weighted by atomic mass is 10.5. The van der Waals surface area contributed by atoms with Crippen LogP contribution >= 0.6 is 0 Å². The summed E-state index contributed by atoms with van der Waals surface area (Å²) in [5.74, 6) is -1.43. The zero-order chi connectivity index (χ0) is 9.14. The number of carboxylic acids is 1. The highest BCUT2D eigenvalue weighted by Gasteiger charge is 1.94. The zero-order valence-electron chi connectivity index (χ0n) is 5.94. The molecule has 1 aromatic heterocycles. The van der Waals surface area contributed by atoms with Crippen molar-refractivity contribution in [3.8, 4) is 0 Å². The van der Waals surface area contributed by atoms with Gasteiger partial charge in [-0.15, -0.1) is 0 Å². The van der Waals surface area contributed by atoms with Gasteiger partial charge in [0.15, 0.2) is 0 Å². The number of rotatable bonds is 2. The number of carbonyl (C=O) groups excluding carboxylic acids is 1. The molecule has 0 amide bonds. The van der Waals surface area contributed by atoms with Crippen LogP contribution in [-0.2, 0) is 11.3 Å². The molecule has 0 unspecified atom stereocenters. The van der Waals surface area contributed by atoms with Crippen LogP contribution in [0.5, 0.6) is 0 Å². The van der Waals surface area contributed by atoms with Gasteiger partial charge in [0.25, 0.3) is 11.1 Å². The van der Waals surface area contributed by atoms with Crippen LogP contribution in [0.4, 0.5) is 0 Å². The van der Waals surface area contributed by atoms with E-state index in [2.05, 4.69) is 0 Å². The Kier molecular flexibility index (Phi) is 2.09. The highest BCUT2D eigenvalue weighted by molar-refractivity contribution is 5.63. The molecule has 0 aromatic carbocycles. The van der Waals surface area contributed by atoms with Crippen molar-refractivity contribution in [1.82, 2.24) is 9.78 Å². The van der Waals surface area contributed by atoms with Gasteiger partial charge in [0.05, 0.1) is 12.5 Å². The molecule has 0 fully saturated rings. The van der Waals surface area contributed by atoms with Crippen molar-refractivity contribution in [2.24, 2.45) is 0 Å². The lowest BCUT2D eigenvalue weighted by Crippen LogP contribution is -2.36. The summed E-state index contributed by atoms with van der Waals surface area (Å²) in [6.45, 7) is -0.644. The number of H-pyrrole nitrogens is 1. The Balaban J connectivity index is 3.14. The summed E-state index contributed by atoms with van der Waals surface area (Å²) in [7, 11) is 0. The van der Waals surface area contributed by atoms with E-state index in [0.29, 0.717) is 4.68 Å². The SMILES string of the molecule is O=C([O-])Cn1[nH]c(=O)ccc1=O. The molecule has 1 heterocycles. The number of nitrogens with one attached hydrogen (secondary N) is 1. The second-order valence-corrected chi connectivity index (χ2v) is 2.11. The van der Waals surface area contributed by atoms with E-state index in [1.807, 2.05) is 5.10 Å². The number of aliphatic carboxylic acids is 1. The highest BCUT2D eigenvalue weighted by atomic mass is 16.4. The van der Waals surface area contributed by atoms with Gasteiger partial charge in [-0.3, -0.25) is 14.7 Å². The van der Waals surface area contributed by atoms with Gasteiger partial charge < -0.3 is 9.90 Å². The Labute approximate surface area is 66.1 Å². The van der Waals surface area contributed by atoms with Crippen molar-refractivity contribution < 1.29 is 9.90 Å².